The number of aromatic nitrogens is 1. The van der Waals surface area contributed by atoms with Crippen LogP contribution in [0.15, 0.2) is 65.7 Å². The van der Waals surface area contributed by atoms with Gasteiger partial charge in [-0.3, -0.25) is 9.59 Å². The lowest BCUT2D eigenvalue weighted by atomic mass is 10.00. The molecular weight excluding hydrogens is 369 g/mol. The Balaban J connectivity index is 2.17. The van der Waals surface area contributed by atoms with Gasteiger partial charge in [0, 0.05) is 40.1 Å². The summed E-state index contributed by atoms with van der Waals surface area (Å²) in [6.07, 6.45) is 4.28. The van der Waals surface area contributed by atoms with Crippen molar-refractivity contribution in [3.05, 3.63) is 92.3 Å². The second-order valence-corrected chi connectivity index (χ2v) is 6.87. The molecule has 0 saturated carbocycles. The maximum absolute atomic E-state index is 13.0. The van der Waals surface area contributed by atoms with E-state index in [0.717, 1.165) is 6.42 Å². The van der Waals surface area contributed by atoms with Crippen molar-refractivity contribution in [2.45, 2.75) is 19.9 Å². The van der Waals surface area contributed by atoms with E-state index < -0.39 is 0 Å². The predicted octanol–water partition coefficient (Wildman–Crippen LogP) is 5.46. The molecule has 0 aliphatic carbocycles. The van der Waals surface area contributed by atoms with Gasteiger partial charge in [-0.15, -0.1) is 0 Å². The molecule has 1 heterocycles. The maximum atomic E-state index is 13.0. The monoisotopic (exact) mass is 385 g/mol. The minimum Gasteiger partial charge on any atom is -0.353 e. The van der Waals surface area contributed by atoms with Crippen LogP contribution >= 0.6 is 23.2 Å². The fraction of sp³-hybridized carbons (Fsp3) is 0.143. The maximum Gasteiger partial charge on any atom is 0.200 e. The molecule has 2 aromatic carbocycles. The van der Waals surface area contributed by atoms with Crippen molar-refractivity contribution in [1.82, 2.24) is 4.57 Å². The number of nitrogens with zero attached hydrogens (tertiary/aromatic N) is 1. The predicted molar refractivity (Wildman–Crippen MR) is 106 cm³/mol. The third-order valence-electron chi connectivity index (χ3n) is 4.05. The molecule has 0 spiro atoms. The summed E-state index contributed by atoms with van der Waals surface area (Å²) in [4.78, 5) is 25.9. The van der Waals surface area contributed by atoms with Gasteiger partial charge in [0.15, 0.2) is 5.78 Å². The Morgan fingerprint density at radius 2 is 1.73 bits per heavy atom. The van der Waals surface area contributed by atoms with Crippen LogP contribution in [0.1, 0.15) is 29.3 Å². The average Bonchev–Trinajstić information content (AvgIpc) is 2.63. The number of hydrogen-bond acceptors (Lipinski definition) is 2. The first-order valence-corrected chi connectivity index (χ1v) is 9.05. The number of rotatable bonds is 5. The topological polar surface area (TPSA) is 39.1 Å². The fourth-order valence-electron chi connectivity index (χ4n) is 2.80. The summed E-state index contributed by atoms with van der Waals surface area (Å²) in [5.41, 5.74) is 1.41. The molecule has 0 saturated heterocycles. The molecule has 0 atom stereocenters. The molecule has 3 nitrogen and oxygen atoms in total. The van der Waals surface area contributed by atoms with E-state index >= 15 is 0 Å². The first-order valence-electron chi connectivity index (χ1n) is 8.30. The molecule has 0 aliphatic rings. The number of carbonyl (C=O) groups is 1. The van der Waals surface area contributed by atoms with Gasteiger partial charge in [0.2, 0.25) is 5.43 Å². The Morgan fingerprint density at radius 3 is 2.38 bits per heavy atom. The standard InChI is InChI=1S/C21H17Cl2NO2/c1-2-10-24-12-18(15-4-3-5-17(23)11-15)21(26)19(13-24)20(25)14-6-8-16(22)9-7-14/h3-9,11-13H,2,10H2,1H3. The van der Waals surface area contributed by atoms with E-state index in [-0.39, 0.29) is 16.8 Å². The quantitative estimate of drug-likeness (QED) is 0.546. The summed E-state index contributed by atoms with van der Waals surface area (Å²) >= 11 is 12.0. The highest BCUT2D eigenvalue weighted by Crippen LogP contribution is 2.21. The molecule has 0 fully saturated rings. The highest BCUT2D eigenvalue weighted by atomic mass is 35.5. The normalized spacial score (nSPS) is 10.7. The summed E-state index contributed by atoms with van der Waals surface area (Å²) in [5.74, 6) is -0.319. The molecule has 0 amide bonds. The minimum atomic E-state index is -0.319. The van der Waals surface area contributed by atoms with Crippen molar-refractivity contribution >= 4 is 29.0 Å². The van der Waals surface area contributed by atoms with Gasteiger partial charge in [-0.2, -0.15) is 0 Å². The number of benzene rings is 2. The third-order valence-corrected chi connectivity index (χ3v) is 4.53. The SMILES string of the molecule is CCCn1cc(C(=O)c2ccc(Cl)cc2)c(=O)c(-c2cccc(Cl)c2)c1. The van der Waals surface area contributed by atoms with E-state index in [1.807, 2.05) is 17.6 Å². The molecule has 0 unspecified atom stereocenters. The minimum absolute atomic E-state index is 0.137. The zero-order valence-electron chi connectivity index (χ0n) is 14.2. The van der Waals surface area contributed by atoms with Crippen molar-refractivity contribution in [3.63, 3.8) is 0 Å². The summed E-state index contributed by atoms with van der Waals surface area (Å²) in [6, 6.07) is 13.6. The largest absolute Gasteiger partial charge is 0.353 e. The van der Waals surface area contributed by atoms with Gasteiger partial charge in [0.1, 0.15) is 0 Å². The molecule has 0 radical (unpaired) electrons. The molecule has 1 aromatic heterocycles. The fourth-order valence-corrected chi connectivity index (χ4v) is 3.11. The zero-order valence-corrected chi connectivity index (χ0v) is 15.7. The Labute approximate surface area is 161 Å². The second kappa shape index (κ2) is 7.90. The first kappa shape index (κ1) is 18.4. The van der Waals surface area contributed by atoms with Crippen molar-refractivity contribution in [2.75, 3.05) is 0 Å². The van der Waals surface area contributed by atoms with Crippen molar-refractivity contribution in [1.29, 1.82) is 0 Å². The van der Waals surface area contributed by atoms with E-state index in [9.17, 15) is 9.59 Å². The molecule has 26 heavy (non-hydrogen) atoms. The highest BCUT2D eigenvalue weighted by Gasteiger charge is 2.17. The number of aryl methyl sites for hydroxylation is 1. The van der Waals surface area contributed by atoms with Gasteiger partial charge in [0.25, 0.3) is 0 Å². The Hall–Kier alpha value is -2.36. The van der Waals surface area contributed by atoms with E-state index in [1.54, 1.807) is 54.9 Å². The number of pyridine rings is 1. The van der Waals surface area contributed by atoms with Crippen molar-refractivity contribution < 1.29 is 4.79 Å². The van der Waals surface area contributed by atoms with E-state index in [1.165, 1.54) is 0 Å². The van der Waals surface area contributed by atoms with Crippen LogP contribution in [0.5, 0.6) is 0 Å². The molecule has 132 valence electrons. The number of halogens is 2. The second-order valence-electron chi connectivity index (χ2n) is 6.00. The average molecular weight is 386 g/mol. The number of ketones is 1. The lowest BCUT2D eigenvalue weighted by Gasteiger charge is -2.11. The summed E-state index contributed by atoms with van der Waals surface area (Å²) < 4.78 is 1.88. The van der Waals surface area contributed by atoms with E-state index in [4.69, 9.17) is 23.2 Å². The number of carbonyl (C=O) groups excluding carboxylic acids is 1. The Bertz CT molecular complexity index is 1010. The Kier molecular flexibility index (Phi) is 5.60. The molecule has 0 N–H and O–H groups in total. The van der Waals surface area contributed by atoms with Crippen LogP contribution in [0.2, 0.25) is 10.0 Å². The van der Waals surface area contributed by atoms with Gasteiger partial charge in [-0.05, 0) is 48.4 Å². The zero-order chi connectivity index (χ0) is 18.7. The van der Waals surface area contributed by atoms with Crippen LogP contribution in [0, 0.1) is 0 Å². The van der Waals surface area contributed by atoms with Crippen LogP contribution < -0.4 is 5.43 Å². The lowest BCUT2D eigenvalue weighted by molar-refractivity contribution is 0.103. The first-order chi connectivity index (χ1) is 12.5. The van der Waals surface area contributed by atoms with Gasteiger partial charge in [-0.1, -0.05) is 42.3 Å². The van der Waals surface area contributed by atoms with Crippen LogP contribution in [0.4, 0.5) is 0 Å². The van der Waals surface area contributed by atoms with E-state index in [2.05, 4.69) is 0 Å². The van der Waals surface area contributed by atoms with Crippen molar-refractivity contribution in [3.8, 4) is 11.1 Å². The third kappa shape index (κ3) is 3.90. The van der Waals surface area contributed by atoms with Crippen LogP contribution in [0.3, 0.4) is 0 Å². The summed E-state index contributed by atoms with van der Waals surface area (Å²) in [7, 11) is 0. The summed E-state index contributed by atoms with van der Waals surface area (Å²) in [6.45, 7) is 2.74. The smallest absolute Gasteiger partial charge is 0.200 e. The van der Waals surface area contributed by atoms with Gasteiger partial charge < -0.3 is 4.57 Å². The van der Waals surface area contributed by atoms with Crippen LogP contribution in [0.25, 0.3) is 11.1 Å². The van der Waals surface area contributed by atoms with Gasteiger partial charge in [-0.25, -0.2) is 0 Å². The molecule has 0 bridgehead atoms. The lowest BCUT2D eigenvalue weighted by Crippen LogP contribution is -2.20. The molecule has 5 heteroatoms. The number of hydrogen-bond donors (Lipinski definition) is 0. The molecule has 0 aliphatic heterocycles. The van der Waals surface area contributed by atoms with Crippen LogP contribution in [-0.4, -0.2) is 10.4 Å². The van der Waals surface area contributed by atoms with Crippen LogP contribution in [-0.2, 0) is 6.54 Å². The Morgan fingerprint density at radius 1 is 1.00 bits per heavy atom. The van der Waals surface area contributed by atoms with E-state index in [0.29, 0.717) is 33.3 Å². The van der Waals surface area contributed by atoms with Gasteiger partial charge >= 0.3 is 0 Å². The molecular formula is C21H17Cl2NO2. The van der Waals surface area contributed by atoms with Gasteiger partial charge in [0.05, 0.1) is 5.56 Å². The molecule has 3 rings (SSSR count). The molecule has 3 aromatic rings. The highest BCUT2D eigenvalue weighted by molar-refractivity contribution is 6.31. The summed E-state index contributed by atoms with van der Waals surface area (Å²) in [5, 5.41) is 1.08. The van der Waals surface area contributed by atoms with Crippen molar-refractivity contribution in [2.24, 2.45) is 0 Å².